The van der Waals surface area contributed by atoms with Gasteiger partial charge in [-0.25, -0.2) is 9.18 Å². The fourth-order valence-corrected chi connectivity index (χ4v) is 2.87. The van der Waals surface area contributed by atoms with Gasteiger partial charge < -0.3 is 19.9 Å². The summed E-state index contributed by atoms with van der Waals surface area (Å²) in [6, 6.07) is 4.79. The minimum atomic E-state index is -0.420. The highest BCUT2D eigenvalue weighted by Gasteiger charge is 2.25. The molecule has 1 aromatic rings. The summed E-state index contributed by atoms with van der Waals surface area (Å²) >= 11 is 0. The largest absolute Gasteiger partial charge is 0.494 e. The fraction of sp³-hybridized carbons (Fsp3) is 0.588. The number of amides is 2. The number of likely N-dealkylation sites (tertiary alicyclic amines) is 1. The first kappa shape index (κ1) is 17.5. The van der Waals surface area contributed by atoms with E-state index in [9.17, 15) is 9.18 Å². The van der Waals surface area contributed by atoms with Gasteiger partial charge in [-0.3, -0.25) is 0 Å². The number of urea groups is 1. The van der Waals surface area contributed by atoms with Crippen LogP contribution in [-0.4, -0.2) is 56.2 Å². The lowest BCUT2D eigenvalue weighted by atomic mass is 10.1. The van der Waals surface area contributed by atoms with Gasteiger partial charge in [0, 0.05) is 19.1 Å². The summed E-state index contributed by atoms with van der Waals surface area (Å²) in [6.07, 6.45) is 2.11. The first-order chi connectivity index (χ1) is 10.9. The molecule has 0 radical (unpaired) electrons. The lowest BCUT2D eigenvalue weighted by Crippen LogP contribution is -2.51. The molecule has 1 saturated heterocycles. The Labute approximate surface area is 137 Å². The average Bonchev–Trinajstić information content (AvgIpc) is 2.54. The molecule has 23 heavy (non-hydrogen) atoms. The Kier molecular flexibility index (Phi) is 5.82. The molecule has 5 nitrogen and oxygen atoms in total. The molecule has 0 bridgehead atoms. The third kappa shape index (κ3) is 4.34. The minimum absolute atomic E-state index is 0.0970. The highest BCUT2D eigenvalue weighted by atomic mass is 19.1. The molecule has 0 aromatic heterocycles. The van der Waals surface area contributed by atoms with Crippen molar-refractivity contribution in [3.05, 3.63) is 29.6 Å². The fourth-order valence-electron chi connectivity index (χ4n) is 2.87. The number of piperidine rings is 1. The van der Waals surface area contributed by atoms with Crippen LogP contribution in [0, 0.1) is 5.82 Å². The summed E-state index contributed by atoms with van der Waals surface area (Å²) < 4.78 is 18.7. The van der Waals surface area contributed by atoms with Crippen LogP contribution in [0.3, 0.4) is 0 Å². The number of halogens is 1. The van der Waals surface area contributed by atoms with Gasteiger partial charge in [0.05, 0.1) is 13.2 Å². The number of ether oxygens (including phenoxy) is 1. The number of carbonyl (C=O) groups excluding carboxylic acids is 1. The van der Waals surface area contributed by atoms with E-state index >= 15 is 0 Å². The van der Waals surface area contributed by atoms with Crippen molar-refractivity contribution in [2.75, 3.05) is 34.3 Å². The Hall–Kier alpha value is -1.82. The van der Waals surface area contributed by atoms with Crippen molar-refractivity contribution >= 4 is 6.03 Å². The zero-order valence-electron chi connectivity index (χ0n) is 14.3. The Bertz CT molecular complexity index is 551. The number of likely N-dealkylation sites (N-methyl/N-ethyl adjacent to an activating group) is 1. The van der Waals surface area contributed by atoms with E-state index < -0.39 is 5.82 Å². The van der Waals surface area contributed by atoms with Crippen molar-refractivity contribution in [2.45, 2.75) is 31.8 Å². The maximum Gasteiger partial charge on any atom is 0.317 e. The van der Waals surface area contributed by atoms with Gasteiger partial charge in [0.2, 0.25) is 0 Å². The number of benzene rings is 1. The summed E-state index contributed by atoms with van der Waals surface area (Å²) in [4.78, 5) is 16.4. The number of methoxy groups -OCH3 is 1. The van der Waals surface area contributed by atoms with Crippen molar-refractivity contribution in [1.29, 1.82) is 0 Å². The van der Waals surface area contributed by atoms with Crippen LogP contribution in [0.5, 0.6) is 5.75 Å². The van der Waals surface area contributed by atoms with E-state index in [-0.39, 0.29) is 17.8 Å². The second-order valence-corrected chi connectivity index (χ2v) is 6.27. The highest BCUT2D eigenvalue weighted by Crippen LogP contribution is 2.22. The van der Waals surface area contributed by atoms with Gasteiger partial charge in [-0.05, 0) is 51.6 Å². The summed E-state index contributed by atoms with van der Waals surface area (Å²) in [6.45, 7) is 3.34. The van der Waals surface area contributed by atoms with Crippen molar-refractivity contribution in [2.24, 2.45) is 0 Å². The van der Waals surface area contributed by atoms with Gasteiger partial charge in [0.15, 0.2) is 11.6 Å². The molecule has 0 aliphatic carbocycles. The summed E-state index contributed by atoms with van der Waals surface area (Å²) in [5.74, 6) is -0.214. The first-order valence-electron chi connectivity index (χ1n) is 7.97. The molecule has 0 saturated carbocycles. The molecule has 1 aliphatic heterocycles. The molecular formula is C17H26FN3O2. The Balaban J connectivity index is 1.97. The molecule has 1 heterocycles. The summed E-state index contributed by atoms with van der Waals surface area (Å²) in [5.41, 5.74) is 0.720. The van der Waals surface area contributed by atoms with Crippen LogP contribution in [-0.2, 0) is 0 Å². The lowest BCUT2D eigenvalue weighted by Gasteiger charge is -2.36. The quantitative estimate of drug-likeness (QED) is 0.926. The first-order valence-corrected chi connectivity index (χ1v) is 7.97. The van der Waals surface area contributed by atoms with E-state index in [2.05, 4.69) is 10.2 Å². The van der Waals surface area contributed by atoms with E-state index in [1.165, 1.54) is 13.2 Å². The molecule has 1 N–H and O–H groups in total. The number of carbonyl (C=O) groups is 1. The molecule has 6 heteroatoms. The number of hydrogen-bond donors (Lipinski definition) is 1. The topological polar surface area (TPSA) is 44.8 Å². The smallest absolute Gasteiger partial charge is 0.317 e. The zero-order chi connectivity index (χ0) is 17.0. The number of nitrogens with zero attached hydrogens (tertiary/aromatic N) is 2. The van der Waals surface area contributed by atoms with Crippen LogP contribution in [0.1, 0.15) is 31.4 Å². The lowest BCUT2D eigenvalue weighted by molar-refractivity contribution is 0.138. The predicted molar refractivity (Wildman–Crippen MR) is 88.2 cm³/mol. The highest BCUT2D eigenvalue weighted by molar-refractivity contribution is 5.74. The molecule has 2 amide bonds. The van der Waals surface area contributed by atoms with Crippen molar-refractivity contribution in [3.63, 3.8) is 0 Å². The zero-order valence-corrected chi connectivity index (χ0v) is 14.3. The van der Waals surface area contributed by atoms with Gasteiger partial charge in [0.1, 0.15) is 0 Å². The number of hydrogen-bond acceptors (Lipinski definition) is 3. The SMILES string of the molecule is COc1ccc([C@@H](C)NC(=O)N2CCC[C@@H](N(C)C)C2)cc1F. The third-order valence-corrected chi connectivity index (χ3v) is 4.43. The van der Waals surface area contributed by atoms with Crippen molar-refractivity contribution in [3.8, 4) is 5.75 Å². The maximum atomic E-state index is 13.8. The molecule has 2 rings (SSSR count). The van der Waals surface area contributed by atoms with Gasteiger partial charge in [-0.1, -0.05) is 6.07 Å². The Morgan fingerprint density at radius 1 is 1.48 bits per heavy atom. The van der Waals surface area contributed by atoms with Crippen molar-refractivity contribution < 1.29 is 13.9 Å². The van der Waals surface area contributed by atoms with E-state index in [1.54, 1.807) is 12.1 Å². The number of rotatable bonds is 4. The maximum absolute atomic E-state index is 13.8. The van der Waals surface area contributed by atoms with Crippen LogP contribution in [0.4, 0.5) is 9.18 Å². The van der Waals surface area contributed by atoms with E-state index in [0.29, 0.717) is 6.04 Å². The standard InChI is InChI=1S/C17H26FN3O2/c1-12(13-7-8-16(23-4)15(18)10-13)19-17(22)21-9-5-6-14(11-21)20(2)3/h7-8,10,12,14H,5-6,9,11H2,1-4H3,(H,19,22)/t12-,14-/m1/s1. The second-order valence-electron chi connectivity index (χ2n) is 6.27. The molecule has 2 atom stereocenters. The van der Waals surface area contributed by atoms with Gasteiger partial charge >= 0.3 is 6.03 Å². The Morgan fingerprint density at radius 3 is 2.83 bits per heavy atom. The summed E-state index contributed by atoms with van der Waals surface area (Å²) in [7, 11) is 5.50. The molecular weight excluding hydrogens is 297 g/mol. The van der Waals surface area contributed by atoms with Crippen LogP contribution in [0.2, 0.25) is 0 Å². The average molecular weight is 323 g/mol. The predicted octanol–water partition coefficient (Wildman–Crippen LogP) is 2.63. The molecule has 1 fully saturated rings. The minimum Gasteiger partial charge on any atom is -0.494 e. The van der Waals surface area contributed by atoms with Crippen molar-refractivity contribution in [1.82, 2.24) is 15.1 Å². The van der Waals surface area contributed by atoms with Gasteiger partial charge in [-0.2, -0.15) is 0 Å². The molecule has 128 valence electrons. The van der Waals surface area contributed by atoms with E-state index in [1.807, 2.05) is 25.9 Å². The normalized spacial score (nSPS) is 19.6. The monoisotopic (exact) mass is 323 g/mol. The van der Waals surface area contributed by atoms with Crippen LogP contribution in [0.25, 0.3) is 0 Å². The molecule has 0 spiro atoms. The van der Waals surface area contributed by atoms with Crippen LogP contribution < -0.4 is 10.1 Å². The van der Waals surface area contributed by atoms with Gasteiger partial charge in [-0.15, -0.1) is 0 Å². The van der Waals surface area contributed by atoms with Crippen LogP contribution >= 0.6 is 0 Å². The third-order valence-electron chi connectivity index (χ3n) is 4.43. The van der Waals surface area contributed by atoms with Gasteiger partial charge in [0.25, 0.3) is 0 Å². The summed E-state index contributed by atoms with van der Waals surface area (Å²) in [5, 5.41) is 2.95. The molecule has 1 aromatic carbocycles. The van der Waals surface area contributed by atoms with Crippen LogP contribution in [0.15, 0.2) is 18.2 Å². The number of nitrogens with one attached hydrogen (secondary N) is 1. The molecule has 0 unspecified atom stereocenters. The molecule has 1 aliphatic rings. The second kappa shape index (κ2) is 7.64. The Morgan fingerprint density at radius 2 is 2.22 bits per heavy atom. The van der Waals surface area contributed by atoms with E-state index in [4.69, 9.17) is 4.74 Å². The van der Waals surface area contributed by atoms with E-state index in [0.717, 1.165) is 31.5 Å².